The lowest BCUT2D eigenvalue weighted by Gasteiger charge is -2.19. The Bertz CT molecular complexity index is 519. The Kier molecular flexibility index (Phi) is 2.52. The molecular formula is C11H7F4NO. The van der Waals surface area contributed by atoms with E-state index in [1.807, 2.05) is 0 Å². The molecule has 90 valence electrons. The summed E-state index contributed by atoms with van der Waals surface area (Å²) in [7, 11) is 0. The quantitative estimate of drug-likeness (QED) is 0.644. The normalized spacial score (nSPS) is 19.4. The molecule has 1 heterocycles. The number of Topliss-reactive ketones (excluding diaryl/α,β-unsaturated/α-hetero) is 1. The number of carbonyl (C=O) groups excluding carboxylic acids is 1. The molecule has 0 aromatic heterocycles. The average Bonchev–Trinajstić information content (AvgIpc) is 2.22. The van der Waals surface area contributed by atoms with Crippen LogP contribution in [0.1, 0.15) is 22.8 Å². The number of nitrogens with zero attached hydrogens (tertiary/aromatic N) is 1. The molecule has 0 spiro atoms. The Labute approximate surface area is 94.0 Å². The molecule has 1 aliphatic rings. The van der Waals surface area contributed by atoms with Gasteiger partial charge in [0.2, 0.25) is 0 Å². The summed E-state index contributed by atoms with van der Waals surface area (Å²) >= 11 is 0. The van der Waals surface area contributed by atoms with E-state index in [0.29, 0.717) is 12.1 Å². The molecule has 17 heavy (non-hydrogen) atoms. The zero-order chi connectivity index (χ0) is 12.8. The number of benzene rings is 1. The van der Waals surface area contributed by atoms with Crippen molar-refractivity contribution in [2.24, 2.45) is 10.9 Å². The fraction of sp³-hybridized carbons (Fsp3) is 0.273. The summed E-state index contributed by atoms with van der Waals surface area (Å²) in [5.74, 6) is -2.46. The Hall–Kier alpha value is -1.72. The summed E-state index contributed by atoms with van der Waals surface area (Å²) < 4.78 is 51.4. The van der Waals surface area contributed by atoms with E-state index in [-0.39, 0.29) is 0 Å². The Morgan fingerprint density at radius 1 is 1.29 bits per heavy atom. The molecular weight excluding hydrogens is 238 g/mol. The first-order valence-corrected chi connectivity index (χ1v) is 4.80. The van der Waals surface area contributed by atoms with Crippen molar-refractivity contribution in [3.63, 3.8) is 0 Å². The molecule has 1 aromatic carbocycles. The number of alkyl halides is 3. The van der Waals surface area contributed by atoms with Crippen molar-refractivity contribution in [3.05, 3.63) is 29.1 Å². The summed E-state index contributed by atoms with van der Waals surface area (Å²) in [6, 6.07) is 1.24. The molecule has 0 saturated carbocycles. The Balaban J connectivity index is 2.76. The SMILES string of the molecule is CC1C=Nc2c(F)ccc(C(F)(F)F)c2C1=O. The van der Waals surface area contributed by atoms with Crippen molar-refractivity contribution in [2.45, 2.75) is 13.1 Å². The molecule has 0 aliphatic carbocycles. The average molecular weight is 245 g/mol. The largest absolute Gasteiger partial charge is 0.417 e. The number of halogens is 4. The maximum absolute atomic E-state index is 13.3. The molecule has 0 fully saturated rings. The van der Waals surface area contributed by atoms with Gasteiger partial charge in [-0.25, -0.2) is 4.39 Å². The molecule has 0 radical (unpaired) electrons. The number of hydrogen-bond donors (Lipinski definition) is 0. The number of hydrogen-bond acceptors (Lipinski definition) is 2. The number of aliphatic imine (C=N–C) groups is 1. The van der Waals surface area contributed by atoms with Gasteiger partial charge in [0.05, 0.1) is 17.0 Å². The Morgan fingerprint density at radius 2 is 1.94 bits per heavy atom. The minimum Gasteiger partial charge on any atom is -0.293 e. The van der Waals surface area contributed by atoms with Crippen molar-refractivity contribution in [1.82, 2.24) is 0 Å². The van der Waals surface area contributed by atoms with E-state index in [2.05, 4.69) is 4.99 Å². The van der Waals surface area contributed by atoms with E-state index in [4.69, 9.17) is 0 Å². The van der Waals surface area contributed by atoms with Gasteiger partial charge in [0.15, 0.2) is 5.78 Å². The molecule has 1 aromatic rings. The van der Waals surface area contributed by atoms with Gasteiger partial charge in [-0.15, -0.1) is 0 Å². The zero-order valence-electron chi connectivity index (χ0n) is 8.68. The van der Waals surface area contributed by atoms with Crippen LogP contribution in [0.25, 0.3) is 0 Å². The molecule has 2 rings (SSSR count). The van der Waals surface area contributed by atoms with E-state index in [9.17, 15) is 22.4 Å². The van der Waals surface area contributed by atoms with Crippen LogP contribution in [-0.2, 0) is 6.18 Å². The predicted molar refractivity (Wildman–Crippen MR) is 53.0 cm³/mol. The third-order valence-electron chi connectivity index (χ3n) is 2.52. The highest BCUT2D eigenvalue weighted by atomic mass is 19.4. The highest BCUT2D eigenvalue weighted by molar-refractivity contribution is 6.13. The van der Waals surface area contributed by atoms with Crippen LogP contribution in [0.2, 0.25) is 0 Å². The van der Waals surface area contributed by atoms with Gasteiger partial charge in [-0.3, -0.25) is 9.79 Å². The highest BCUT2D eigenvalue weighted by Crippen LogP contribution is 2.39. The molecule has 0 saturated heterocycles. The first kappa shape index (κ1) is 11.8. The number of rotatable bonds is 0. The second-order valence-electron chi connectivity index (χ2n) is 3.75. The van der Waals surface area contributed by atoms with Crippen molar-refractivity contribution >= 4 is 17.7 Å². The summed E-state index contributed by atoms with van der Waals surface area (Å²) in [5, 5.41) is 0. The first-order valence-electron chi connectivity index (χ1n) is 4.80. The van der Waals surface area contributed by atoms with E-state index in [1.54, 1.807) is 0 Å². The van der Waals surface area contributed by atoms with Gasteiger partial charge in [0.1, 0.15) is 11.5 Å². The van der Waals surface area contributed by atoms with Gasteiger partial charge in [0.25, 0.3) is 0 Å². The molecule has 2 nitrogen and oxygen atoms in total. The minimum atomic E-state index is -4.69. The van der Waals surface area contributed by atoms with Crippen LogP contribution in [-0.4, -0.2) is 12.0 Å². The zero-order valence-corrected chi connectivity index (χ0v) is 8.68. The summed E-state index contributed by atoms with van der Waals surface area (Å²) in [6.45, 7) is 1.42. The molecule has 1 atom stereocenters. The smallest absolute Gasteiger partial charge is 0.293 e. The van der Waals surface area contributed by atoms with Gasteiger partial charge in [0, 0.05) is 6.21 Å². The molecule has 1 unspecified atom stereocenters. The molecule has 0 bridgehead atoms. The van der Waals surface area contributed by atoms with Crippen LogP contribution in [0.5, 0.6) is 0 Å². The van der Waals surface area contributed by atoms with Gasteiger partial charge in [-0.1, -0.05) is 6.92 Å². The lowest BCUT2D eigenvalue weighted by atomic mass is 9.91. The summed E-state index contributed by atoms with van der Waals surface area (Å²) in [4.78, 5) is 15.3. The monoisotopic (exact) mass is 245 g/mol. The molecule has 0 amide bonds. The number of carbonyl (C=O) groups is 1. The van der Waals surface area contributed by atoms with Gasteiger partial charge < -0.3 is 0 Å². The van der Waals surface area contributed by atoms with E-state index in [1.165, 1.54) is 6.92 Å². The van der Waals surface area contributed by atoms with Crippen LogP contribution in [0.4, 0.5) is 23.2 Å². The second kappa shape index (κ2) is 3.65. The first-order chi connectivity index (χ1) is 7.82. The Morgan fingerprint density at radius 3 is 2.53 bits per heavy atom. The molecule has 6 heteroatoms. The van der Waals surface area contributed by atoms with E-state index in [0.717, 1.165) is 6.21 Å². The highest BCUT2D eigenvalue weighted by Gasteiger charge is 2.39. The van der Waals surface area contributed by atoms with E-state index >= 15 is 0 Å². The van der Waals surface area contributed by atoms with Gasteiger partial charge >= 0.3 is 6.18 Å². The van der Waals surface area contributed by atoms with Crippen molar-refractivity contribution in [1.29, 1.82) is 0 Å². The second-order valence-corrected chi connectivity index (χ2v) is 3.75. The van der Waals surface area contributed by atoms with Crippen LogP contribution in [0.15, 0.2) is 17.1 Å². The van der Waals surface area contributed by atoms with Crippen molar-refractivity contribution in [3.8, 4) is 0 Å². The summed E-state index contributed by atoms with van der Waals surface area (Å²) in [6.07, 6.45) is -3.55. The van der Waals surface area contributed by atoms with Crippen LogP contribution >= 0.6 is 0 Å². The van der Waals surface area contributed by atoms with Gasteiger partial charge in [-0.05, 0) is 12.1 Å². The standard InChI is InChI=1S/C11H7F4NO/c1-5-4-16-9-7(12)3-2-6(11(13,14)15)8(9)10(5)17/h2-5H,1H3. The van der Waals surface area contributed by atoms with Crippen LogP contribution in [0, 0.1) is 11.7 Å². The minimum absolute atomic E-state index is 0.525. The third kappa shape index (κ3) is 1.83. The predicted octanol–water partition coefficient (Wildman–Crippen LogP) is 3.38. The van der Waals surface area contributed by atoms with Crippen LogP contribution in [0.3, 0.4) is 0 Å². The number of fused-ring (bicyclic) bond motifs is 1. The number of ketones is 1. The fourth-order valence-corrected chi connectivity index (χ4v) is 1.66. The van der Waals surface area contributed by atoms with Crippen LogP contribution < -0.4 is 0 Å². The van der Waals surface area contributed by atoms with E-state index < -0.39 is 40.5 Å². The maximum Gasteiger partial charge on any atom is 0.417 e. The topological polar surface area (TPSA) is 29.4 Å². The fourth-order valence-electron chi connectivity index (χ4n) is 1.66. The van der Waals surface area contributed by atoms with Gasteiger partial charge in [-0.2, -0.15) is 13.2 Å². The molecule has 0 N–H and O–H groups in total. The lowest BCUT2D eigenvalue weighted by molar-refractivity contribution is -0.137. The van der Waals surface area contributed by atoms with Crippen molar-refractivity contribution < 1.29 is 22.4 Å². The maximum atomic E-state index is 13.3. The summed E-state index contributed by atoms with van der Waals surface area (Å²) in [5.41, 5.74) is -2.34. The molecule has 1 aliphatic heterocycles. The third-order valence-corrected chi connectivity index (χ3v) is 2.52. The van der Waals surface area contributed by atoms with Crippen molar-refractivity contribution in [2.75, 3.05) is 0 Å². The lowest BCUT2D eigenvalue weighted by Crippen LogP contribution is -2.22.